The second kappa shape index (κ2) is 11.3. The molecule has 0 bridgehead atoms. The summed E-state index contributed by atoms with van der Waals surface area (Å²) in [6.45, 7) is 4.21. The zero-order chi connectivity index (χ0) is 24.7. The topological polar surface area (TPSA) is 27.7 Å². The smallest absolute Gasteiger partial charge is 0.493 e. The molecule has 182 valence electrons. The molecule has 3 aromatic rings. The number of halogens is 3. The number of rotatable bonds is 10. The molecule has 3 nitrogen and oxygen atoms in total. The van der Waals surface area contributed by atoms with Crippen LogP contribution in [0.15, 0.2) is 60.7 Å². The van der Waals surface area contributed by atoms with Crippen LogP contribution in [0.5, 0.6) is 17.2 Å². The van der Waals surface area contributed by atoms with Gasteiger partial charge in [0.1, 0.15) is 5.75 Å². The molecule has 34 heavy (non-hydrogen) atoms. The number of methoxy groups -OCH3 is 2. The van der Waals surface area contributed by atoms with Gasteiger partial charge in [0.15, 0.2) is 11.5 Å². The lowest BCUT2D eigenvalue weighted by atomic mass is 9.88. The van der Waals surface area contributed by atoms with Crippen molar-refractivity contribution in [3.05, 3.63) is 77.4 Å². The predicted octanol–water partition coefficient (Wildman–Crippen LogP) is 7.96. The molecule has 1 atom stereocenters. The summed E-state index contributed by atoms with van der Waals surface area (Å²) in [7, 11) is 3.30. The van der Waals surface area contributed by atoms with Crippen molar-refractivity contribution in [1.29, 1.82) is 0 Å². The predicted molar refractivity (Wildman–Crippen MR) is 129 cm³/mol. The maximum atomic E-state index is 12.5. The lowest BCUT2D eigenvalue weighted by Gasteiger charge is -2.18. The van der Waals surface area contributed by atoms with Crippen molar-refractivity contribution in [3.8, 4) is 28.4 Å². The molecule has 0 aromatic heterocycles. The molecule has 0 saturated heterocycles. The third-order valence-corrected chi connectivity index (χ3v) is 5.90. The number of hydrogen-bond donors (Lipinski definition) is 0. The fraction of sp³-hybridized carbons (Fsp3) is 0.357. The first-order valence-electron chi connectivity index (χ1n) is 11.5. The highest BCUT2D eigenvalue weighted by molar-refractivity contribution is 5.70. The number of ether oxygens (including phenoxy) is 3. The minimum atomic E-state index is -4.69. The first kappa shape index (κ1) is 25.5. The third-order valence-electron chi connectivity index (χ3n) is 5.90. The van der Waals surface area contributed by atoms with Gasteiger partial charge in [0.25, 0.3) is 0 Å². The molecular formula is C28H31F3O3. The zero-order valence-electron chi connectivity index (χ0n) is 20.0. The van der Waals surface area contributed by atoms with Crippen molar-refractivity contribution < 1.29 is 27.4 Å². The summed E-state index contributed by atoms with van der Waals surface area (Å²) in [4.78, 5) is 0. The molecule has 0 aliphatic carbocycles. The molecule has 0 N–H and O–H groups in total. The molecule has 0 aliphatic rings. The second-order valence-corrected chi connectivity index (χ2v) is 8.25. The van der Waals surface area contributed by atoms with Crippen LogP contribution in [-0.4, -0.2) is 20.6 Å². The van der Waals surface area contributed by atoms with E-state index in [0.29, 0.717) is 5.75 Å². The van der Waals surface area contributed by atoms with Crippen LogP contribution in [0.4, 0.5) is 13.2 Å². The molecule has 3 aromatic carbocycles. The van der Waals surface area contributed by atoms with Crippen molar-refractivity contribution >= 4 is 0 Å². The molecule has 0 heterocycles. The van der Waals surface area contributed by atoms with Crippen molar-refractivity contribution in [1.82, 2.24) is 0 Å². The van der Waals surface area contributed by atoms with Gasteiger partial charge in [-0.2, -0.15) is 0 Å². The highest BCUT2D eigenvalue weighted by Crippen LogP contribution is 2.37. The molecule has 0 fully saturated rings. The zero-order valence-corrected chi connectivity index (χ0v) is 20.0. The largest absolute Gasteiger partial charge is 0.573 e. The molecule has 6 heteroatoms. The Hall–Kier alpha value is -3.15. The summed E-state index contributed by atoms with van der Waals surface area (Å²) >= 11 is 0. The second-order valence-electron chi connectivity index (χ2n) is 8.25. The Labute approximate surface area is 199 Å². The monoisotopic (exact) mass is 472 g/mol. The van der Waals surface area contributed by atoms with E-state index in [2.05, 4.69) is 42.8 Å². The van der Waals surface area contributed by atoms with Crippen LogP contribution in [0.1, 0.15) is 49.3 Å². The van der Waals surface area contributed by atoms with Gasteiger partial charge in [-0.05, 0) is 77.3 Å². The van der Waals surface area contributed by atoms with E-state index >= 15 is 0 Å². The van der Waals surface area contributed by atoms with Gasteiger partial charge in [-0.15, -0.1) is 13.2 Å². The molecule has 3 rings (SSSR count). The van der Waals surface area contributed by atoms with Crippen molar-refractivity contribution in [2.75, 3.05) is 14.2 Å². The van der Waals surface area contributed by atoms with E-state index in [1.807, 2.05) is 12.1 Å². The van der Waals surface area contributed by atoms with Gasteiger partial charge in [-0.3, -0.25) is 0 Å². The van der Waals surface area contributed by atoms with E-state index in [9.17, 15) is 13.2 Å². The molecule has 1 unspecified atom stereocenters. The van der Waals surface area contributed by atoms with E-state index < -0.39 is 6.36 Å². The Morgan fingerprint density at radius 2 is 1.59 bits per heavy atom. The first-order valence-corrected chi connectivity index (χ1v) is 11.5. The van der Waals surface area contributed by atoms with Crippen LogP contribution in [0, 0.1) is 0 Å². The van der Waals surface area contributed by atoms with Gasteiger partial charge in [0, 0.05) is 0 Å². The minimum absolute atomic E-state index is 0.177. The van der Waals surface area contributed by atoms with Crippen LogP contribution in [0.3, 0.4) is 0 Å². The summed E-state index contributed by atoms with van der Waals surface area (Å²) in [6.07, 6.45) is -1.17. The Morgan fingerprint density at radius 1 is 0.853 bits per heavy atom. The quantitative estimate of drug-likeness (QED) is 0.300. The standard InChI is InChI=1S/C28H31F3O3/c1-5-8-23-17-24(18-26(32-3)27(23)33-4)22-10-7-9-19(16-22)15-20(6-2)21-11-13-25(14-12-21)34-28(29,30)31/h7,9-14,16-18,20H,5-6,8,15H2,1-4H3. The Balaban J connectivity index is 1.85. The van der Waals surface area contributed by atoms with Crippen molar-refractivity contribution in [2.24, 2.45) is 0 Å². The normalized spacial score (nSPS) is 12.3. The number of alkyl halides is 3. The molecule has 0 radical (unpaired) electrons. The summed E-state index contributed by atoms with van der Waals surface area (Å²) in [5.74, 6) is 1.45. The van der Waals surface area contributed by atoms with E-state index in [0.717, 1.165) is 59.3 Å². The highest BCUT2D eigenvalue weighted by atomic mass is 19.4. The lowest BCUT2D eigenvalue weighted by Crippen LogP contribution is -2.17. The van der Waals surface area contributed by atoms with E-state index in [4.69, 9.17) is 9.47 Å². The van der Waals surface area contributed by atoms with E-state index in [-0.39, 0.29) is 11.7 Å². The summed E-state index contributed by atoms with van der Waals surface area (Å²) < 4.78 is 52.5. The van der Waals surface area contributed by atoms with Crippen molar-refractivity contribution in [3.63, 3.8) is 0 Å². The van der Waals surface area contributed by atoms with Crippen LogP contribution in [-0.2, 0) is 12.8 Å². The first-order chi connectivity index (χ1) is 16.3. The fourth-order valence-corrected chi connectivity index (χ4v) is 4.27. The Kier molecular flexibility index (Phi) is 8.48. The highest BCUT2D eigenvalue weighted by Gasteiger charge is 2.31. The van der Waals surface area contributed by atoms with Gasteiger partial charge in [0.05, 0.1) is 14.2 Å². The average Bonchev–Trinajstić information content (AvgIpc) is 2.82. The molecule has 0 saturated carbocycles. The van der Waals surface area contributed by atoms with Crippen molar-refractivity contribution in [2.45, 2.75) is 51.8 Å². The van der Waals surface area contributed by atoms with Gasteiger partial charge < -0.3 is 14.2 Å². The van der Waals surface area contributed by atoms with Gasteiger partial charge >= 0.3 is 6.36 Å². The summed E-state index contributed by atoms with van der Waals surface area (Å²) in [6, 6.07) is 18.7. The molecule has 0 amide bonds. The van der Waals surface area contributed by atoms with Crippen LogP contribution in [0.25, 0.3) is 11.1 Å². The fourth-order valence-electron chi connectivity index (χ4n) is 4.27. The Morgan fingerprint density at radius 3 is 2.18 bits per heavy atom. The number of aryl methyl sites for hydroxylation is 1. The van der Waals surface area contributed by atoms with Crippen LogP contribution >= 0.6 is 0 Å². The molecular weight excluding hydrogens is 441 g/mol. The maximum Gasteiger partial charge on any atom is 0.573 e. The summed E-state index contributed by atoms with van der Waals surface area (Å²) in [5.41, 5.74) is 5.40. The van der Waals surface area contributed by atoms with Crippen LogP contribution < -0.4 is 14.2 Å². The molecule has 0 aliphatic heterocycles. The van der Waals surface area contributed by atoms with Gasteiger partial charge in [-0.1, -0.05) is 56.7 Å². The van der Waals surface area contributed by atoms with E-state index in [1.165, 1.54) is 12.1 Å². The SMILES string of the molecule is CCCc1cc(-c2cccc(CC(CC)c3ccc(OC(F)(F)F)cc3)c2)cc(OC)c1OC. The summed E-state index contributed by atoms with van der Waals surface area (Å²) in [5, 5.41) is 0. The lowest BCUT2D eigenvalue weighted by molar-refractivity contribution is -0.274. The molecule has 0 spiro atoms. The number of hydrogen-bond acceptors (Lipinski definition) is 3. The minimum Gasteiger partial charge on any atom is -0.493 e. The number of benzene rings is 3. The average molecular weight is 473 g/mol. The van der Waals surface area contributed by atoms with E-state index in [1.54, 1.807) is 26.4 Å². The Bertz CT molecular complexity index is 1080. The third kappa shape index (κ3) is 6.46. The van der Waals surface area contributed by atoms with Gasteiger partial charge in [-0.25, -0.2) is 0 Å². The van der Waals surface area contributed by atoms with Gasteiger partial charge in [0.2, 0.25) is 0 Å². The maximum absolute atomic E-state index is 12.5. The van der Waals surface area contributed by atoms with Crippen LogP contribution in [0.2, 0.25) is 0 Å².